The molecule has 1 heterocycles. The molecule has 1 aromatic carbocycles. The SMILES string of the molecule is Cc1ccc(CNC(=O)CCOC2CCNCC2)cc1F. The van der Waals surface area contributed by atoms with Crippen LogP contribution < -0.4 is 10.6 Å². The minimum atomic E-state index is -0.240. The number of rotatable bonds is 6. The van der Waals surface area contributed by atoms with Crippen molar-refractivity contribution in [3.63, 3.8) is 0 Å². The Labute approximate surface area is 125 Å². The lowest BCUT2D eigenvalue weighted by molar-refractivity contribution is -0.122. The molecule has 1 aliphatic rings. The lowest BCUT2D eigenvalue weighted by Gasteiger charge is -2.22. The van der Waals surface area contributed by atoms with Crippen LogP contribution in [-0.4, -0.2) is 31.7 Å². The average molecular weight is 294 g/mol. The molecular weight excluding hydrogens is 271 g/mol. The van der Waals surface area contributed by atoms with Crippen molar-refractivity contribution in [2.45, 2.75) is 38.8 Å². The first-order chi connectivity index (χ1) is 10.1. The molecule has 2 rings (SSSR count). The number of halogens is 1. The fourth-order valence-electron chi connectivity index (χ4n) is 2.32. The van der Waals surface area contributed by atoms with E-state index in [-0.39, 0.29) is 17.8 Å². The summed E-state index contributed by atoms with van der Waals surface area (Å²) in [5.74, 6) is -0.305. The average Bonchev–Trinajstić information content (AvgIpc) is 2.49. The molecule has 21 heavy (non-hydrogen) atoms. The third-order valence-electron chi connectivity index (χ3n) is 3.69. The number of carbonyl (C=O) groups is 1. The molecule has 4 nitrogen and oxygen atoms in total. The van der Waals surface area contributed by atoms with Gasteiger partial charge in [-0.2, -0.15) is 0 Å². The van der Waals surface area contributed by atoms with Crippen molar-refractivity contribution in [2.75, 3.05) is 19.7 Å². The van der Waals surface area contributed by atoms with Crippen LogP contribution in [0.1, 0.15) is 30.4 Å². The Morgan fingerprint density at radius 2 is 2.19 bits per heavy atom. The van der Waals surface area contributed by atoms with Gasteiger partial charge in [-0.3, -0.25) is 4.79 Å². The maximum Gasteiger partial charge on any atom is 0.222 e. The number of carbonyl (C=O) groups excluding carboxylic acids is 1. The second-order valence-corrected chi connectivity index (χ2v) is 5.43. The number of hydrogen-bond acceptors (Lipinski definition) is 3. The third kappa shape index (κ3) is 5.44. The summed E-state index contributed by atoms with van der Waals surface area (Å²) in [6.45, 7) is 4.48. The minimum absolute atomic E-state index is 0.0649. The molecule has 1 fully saturated rings. The normalized spacial score (nSPS) is 15.9. The molecule has 0 aromatic heterocycles. The lowest BCUT2D eigenvalue weighted by Crippen LogP contribution is -2.33. The molecule has 0 aliphatic carbocycles. The van der Waals surface area contributed by atoms with Crippen LogP contribution in [0.15, 0.2) is 18.2 Å². The van der Waals surface area contributed by atoms with E-state index in [0.29, 0.717) is 25.1 Å². The summed E-state index contributed by atoms with van der Waals surface area (Å²) in [6, 6.07) is 5.00. The van der Waals surface area contributed by atoms with Gasteiger partial charge in [0.05, 0.1) is 12.7 Å². The van der Waals surface area contributed by atoms with E-state index >= 15 is 0 Å². The highest BCUT2D eigenvalue weighted by Gasteiger charge is 2.13. The summed E-state index contributed by atoms with van der Waals surface area (Å²) in [5, 5.41) is 6.06. The minimum Gasteiger partial charge on any atom is -0.378 e. The van der Waals surface area contributed by atoms with Crippen molar-refractivity contribution in [1.82, 2.24) is 10.6 Å². The van der Waals surface area contributed by atoms with Gasteiger partial charge in [-0.1, -0.05) is 12.1 Å². The topological polar surface area (TPSA) is 50.4 Å². The van der Waals surface area contributed by atoms with Gasteiger partial charge in [0.15, 0.2) is 0 Å². The van der Waals surface area contributed by atoms with Gasteiger partial charge in [-0.15, -0.1) is 0 Å². The lowest BCUT2D eigenvalue weighted by atomic mass is 10.1. The van der Waals surface area contributed by atoms with Crippen LogP contribution >= 0.6 is 0 Å². The molecule has 0 spiro atoms. The van der Waals surface area contributed by atoms with Crippen LogP contribution in [0.4, 0.5) is 4.39 Å². The van der Waals surface area contributed by atoms with Crippen molar-refractivity contribution in [3.05, 3.63) is 35.1 Å². The fourth-order valence-corrected chi connectivity index (χ4v) is 2.32. The van der Waals surface area contributed by atoms with Crippen molar-refractivity contribution in [2.24, 2.45) is 0 Å². The molecule has 1 aromatic rings. The van der Waals surface area contributed by atoms with Gasteiger partial charge < -0.3 is 15.4 Å². The number of benzene rings is 1. The standard InChI is InChI=1S/C16H23FN2O2/c1-12-2-3-13(10-15(12)17)11-19-16(20)6-9-21-14-4-7-18-8-5-14/h2-3,10,14,18H,4-9,11H2,1H3,(H,19,20). The molecule has 2 N–H and O–H groups in total. The predicted octanol–water partition coefficient (Wildman–Crippen LogP) is 1.91. The van der Waals surface area contributed by atoms with E-state index in [1.807, 2.05) is 6.07 Å². The van der Waals surface area contributed by atoms with Crippen LogP contribution in [0.5, 0.6) is 0 Å². The second kappa shape index (κ2) is 8.10. The zero-order chi connectivity index (χ0) is 15.1. The van der Waals surface area contributed by atoms with E-state index in [2.05, 4.69) is 10.6 Å². The van der Waals surface area contributed by atoms with Gasteiger partial charge in [-0.05, 0) is 50.0 Å². The molecule has 0 saturated carbocycles. The van der Waals surface area contributed by atoms with Crippen molar-refractivity contribution in [1.29, 1.82) is 0 Å². The largest absolute Gasteiger partial charge is 0.378 e. The number of ether oxygens (including phenoxy) is 1. The molecule has 1 aliphatic heterocycles. The maximum atomic E-state index is 13.4. The summed E-state index contributed by atoms with van der Waals surface area (Å²) in [5.41, 5.74) is 1.38. The molecular formula is C16H23FN2O2. The quantitative estimate of drug-likeness (QED) is 0.842. The van der Waals surface area contributed by atoms with Gasteiger partial charge in [0.1, 0.15) is 5.82 Å². The molecule has 5 heteroatoms. The Morgan fingerprint density at radius 1 is 1.43 bits per heavy atom. The number of nitrogens with one attached hydrogen (secondary N) is 2. The summed E-state index contributed by atoms with van der Waals surface area (Å²) < 4.78 is 19.1. The Morgan fingerprint density at radius 3 is 2.90 bits per heavy atom. The Bertz CT molecular complexity index is 473. The van der Waals surface area contributed by atoms with E-state index in [1.165, 1.54) is 6.07 Å². The molecule has 1 amide bonds. The smallest absolute Gasteiger partial charge is 0.222 e. The van der Waals surface area contributed by atoms with Crippen LogP contribution in [-0.2, 0) is 16.1 Å². The highest BCUT2D eigenvalue weighted by molar-refractivity contribution is 5.75. The van der Waals surface area contributed by atoms with Crippen LogP contribution in [0, 0.1) is 12.7 Å². The molecule has 0 radical (unpaired) electrons. The summed E-state index contributed by atoms with van der Waals surface area (Å²) in [7, 11) is 0. The number of piperidine rings is 1. The fraction of sp³-hybridized carbons (Fsp3) is 0.562. The first-order valence-corrected chi connectivity index (χ1v) is 7.49. The number of hydrogen-bond donors (Lipinski definition) is 2. The van der Waals surface area contributed by atoms with Gasteiger partial charge >= 0.3 is 0 Å². The van der Waals surface area contributed by atoms with Crippen molar-refractivity contribution in [3.8, 4) is 0 Å². The Kier molecular flexibility index (Phi) is 6.14. The molecule has 0 atom stereocenters. The molecule has 0 bridgehead atoms. The monoisotopic (exact) mass is 294 g/mol. The first kappa shape index (κ1) is 15.9. The van der Waals surface area contributed by atoms with Crippen molar-refractivity contribution >= 4 is 5.91 Å². The van der Waals surface area contributed by atoms with E-state index in [4.69, 9.17) is 4.74 Å². The second-order valence-electron chi connectivity index (χ2n) is 5.43. The van der Waals surface area contributed by atoms with Gasteiger partial charge in [-0.25, -0.2) is 4.39 Å². The van der Waals surface area contributed by atoms with Gasteiger partial charge in [0.25, 0.3) is 0 Å². The van der Waals surface area contributed by atoms with Crippen molar-refractivity contribution < 1.29 is 13.9 Å². The van der Waals surface area contributed by atoms with E-state index in [0.717, 1.165) is 31.5 Å². The highest BCUT2D eigenvalue weighted by atomic mass is 19.1. The van der Waals surface area contributed by atoms with Crippen LogP contribution in [0.2, 0.25) is 0 Å². The summed E-state index contributed by atoms with van der Waals surface area (Å²) >= 11 is 0. The zero-order valence-corrected chi connectivity index (χ0v) is 12.5. The summed E-state index contributed by atoms with van der Waals surface area (Å²) in [4.78, 5) is 11.7. The van der Waals surface area contributed by atoms with Crippen LogP contribution in [0.25, 0.3) is 0 Å². The Hall–Kier alpha value is -1.46. The Balaban J connectivity index is 1.63. The summed E-state index contributed by atoms with van der Waals surface area (Å²) in [6.07, 6.45) is 2.62. The van der Waals surface area contributed by atoms with E-state index in [1.54, 1.807) is 13.0 Å². The maximum absolute atomic E-state index is 13.4. The first-order valence-electron chi connectivity index (χ1n) is 7.49. The van der Waals surface area contributed by atoms with E-state index < -0.39 is 0 Å². The highest BCUT2D eigenvalue weighted by Crippen LogP contribution is 2.09. The van der Waals surface area contributed by atoms with E-state index in [9.17, 15) is 9.18 Å². The van der Waals surface area contributed by atoms with Gasteiger partial charge in [0, 0.05) is 13.0 Å². The number of aryl methyl sites for hydroxylation is 1. The number of amides is 1. The zero-order valence-electron chi connectivity index (χ0n) is 12.5. The molecule has 116 valence electrons. The third-order valence-corrected chi connectivity index (χ3v) is 3.69. The van der Waals surface area contributed by atoms with Crippen LogP contribution in [0.3, 0.4) is 0 Å². The molecule has 0 unspecified atom stereocenters. The van der Waals surface area contributed by atoms with Gasteiger partial charge in [0.2, 0.25) is 5.91 Å². The predicted molar refractivity (Wildman–Crippen MR) is 79.4 cm³/mol. The molecule has 1 saturated heterocycles.